The van der Waals surface area contributed by atoms with Crippen LogP contribution in [0, 0.1) is 0 Å². The number of benzene rings is 1. The Morgan fingerprint density at radius 2 is 2.04 bits per heavy atom. The van der Waals surface area contributed by atoms with Gasteiger partial charge in [0, 0.05) is 20.1 Å². The summed E-state index contributed by atoms with van der Waals surface area (Å²) in [4.78, 5) is 8.85. The highest BCUT2D eigenvalue weighted by Crippen LogP contribution is 2.27. The molecule has 0 bridgehead atoms. The Morgan fingerprint density at radius 1 is 1.17 bits per heavy atom. The van der Waals surface area contributed by atoms with Gasteiger partial charge in [0.15, 0.2) is 11.2 Å². The van der Waals surface area contributed by atoms with Gasteiger partial charge in [-0.3, -0.25) is 0 Å². The van der Waals surface area contributed by atoms with Crippen molar-refractivity contribution in [2.75, 3.05) is 29.9 Å². The molecule has 1 saturated heterocycles. The first-order valence-corrected chi connectivity index (χ1v) is 7.78. The summed E-state index contributed by atoms with van der Waals surface area (Å²) in [5.74, 6) is 0.921. The Morgan fingerprint density at radius 3 is 2.92 bits per heavy atom. The lowest BCUT2D eigenvalue weighted by Gasteiger charge is -2.43. The van der Waals surface area contributed by atoms with Gasteiger partial charge >= 0.3 is 0 Å². The molecule has 0 spiro atoms. The summed E-state index contributed by atoms with van der Waals surface area (Å²) in [6, 6.07) is 12.7. The van der Waals surface area contributed by atoms with Crippen LogP contribution in [0.2, 0.25) is 0 Å². The lowest BCUT2D eigenvalue weighted by atomic mass is 10.1. The fourth-order valence-corrected chi connectivity index (χ4v) is 2.94. The summed E-state index contributed by atoms with van der Waals surface area (Å²) < 4.78 is 7.52. The van der Waals surface area contributed by atoms with Crippen molar-refractivity contribution < 1.29 is 4.42 Å². The van der Waals surface area contributed by atoms with E-state index in [1.807, 2.05) is 43.4 Å². The van der Waals surface area contributed by atoms with Crippen LogP contribution in [0.5, 0.6) is 0 Å². The molecule has 1 aliphatic rings. The van der Waals surface area contributed by atoms with E-state index in [1.165, 1.54) is 0 Å². The number of hydrogen-bond donors (Lipinski definition) is 0. The molecule has 8 heteroatoms. The normalized spacial score (nSPS) is 15.1. The number of oxazole rings is 1. The minimum Gasteiger partial charge on any atom is -0.423 e. The van der Waals surface area contributed by atoms with Crippen molar-refractivity contribution >= 4 is 28.6 Å². The maximum absolute atomic E-state index is 5.83. The molecule has 5 rings (SSSR count). The smallest absolute Gasteiger partial charge is 0.298 e. The van der Waals surface area contributed by atoms with Gasteiger partial charge in [0.2, 0.25) is 0 Å². The highest BCUT2D eigenvalue weighted by molar-refractivity contribution is 5.74. The molecule has 0 atom stereocenters. The molecule has 8 nitrogen and oxygen atoms in total. The van der Waals surface area contributed by atoms with Crippen molar-refractivity contribution in [3.05, 3.63) is 42.7 Å². The molecule has 120 valence electrons. The lowest BCUT2D eigenvalue weighted by molar-refractivity contribution is 0.456. The van der Waals surface area contributed by atoms with E-state index in [9.17, 15) is 0 Å². The molecule has 0 N–H and O–H groups in total. The first-order valence-electron chi connectivity index (χ1n) is 7.78. The number of fused-ring (bicyclic) bond motifs is 2. The Balaban J connectivity index is 1.33. The van der Waals surface area contributed by atoms with Crippen molar-refractivity contribution in [1.82, 2.24) is 24.8 Å². The summed E-state index contributed by atoms with van der Waals surface area (Å²) >= 11 is 0. The fraction of sp³-hybridized carbons (Fsp3) is 0.250. The van der Waals surface area contributed by atoms with E-state index in [4.69, 9.17) is 4.42 Å². The number of anilines is 2. The molecule has 0 saturated carbocycles. The van der Waals surface area contributed by atoms with Crippen molar-refractivity contribution in [1.29, 1.82) is 0 Å². The van der Waals surface area contributed by atoms with Gasteiger partial charge in [0.05, 0.1) is 6.04 Å². The molecule has 1 aliphatic heterocycles. The highest BCUT2D eigenvalue weighted by atomic mass is 16.4. The summed E-state index contributed by atoms with van der Waals surface area (Å²) in [6.45, 7) is 1.74. The summed E-state index contributed by atoms with van der Waals surface area (Å²) in [6.07, 6.45) is 1.61. The summed E-state index contributed by atoms with van der Waals surface area (Å²) in [5.41, 5.74) is 2.45. The standard InChI is InChI=1S/C16H15N7O/c1-21(16-18-12-4-2-3-5-13(12)24-16)11-8-22(9-11)15-7-6-14-19-17-10-23(14)20-15/h2-7,10-11H,8-9H2,1H3. The lowest BCUT2D eigenvalue weighted by Crippen LogP contribution is -2.59. The van der Waals surface area contributed by atoms with E-state index in [0.29, 0.717) is 12.1 Å². The van der Waals surface area contributed by atoms with Gasteiger partial charge in [-0.25, -0.2) is 0 Å². The van der Waals surface area contributed by atoms with Gasteiger partial charge in [-0.1, -0.05) is 12.1 Å². The molecule has 0 unspecified atom stereocenters. The van der Waals surface area contributed by atoms with Crippen molar-refractivity contribution in [2.24, 2.45) is 0 Å². The van der Waals surface area contributed by atoms with Gasteiger partial charge < -0.3 is 14.2 Å². The van der Waals surface area contributed by atoms with Crippen LogP contribution in [0.1, 0.15) is 0 Å². The first-order chi connectivity index (χ1) is 11.8. The third-order valence-corrected chi connectivity index (χ3v) is 4.47. The van der Waals surface area contributed by atoms with E-state index in [1.54, 1.807) is 10.8 Å². The van der Waals surface area contributed by atoms with Crippen LogP contribution in [0.4, 0.5) is 11.8 Å². The third-order valence-electron chi connectivity index (χ3n) is 4.47. The number of para-hydroxylation sites is 2. The second kappa shape index (κ2) is 4.92. The Hall–Kier alpha value is -3.16. The van der Waals surface area contributed by atoms with Crippen LogP contribution in [0.3, 0.4) is 0 Å². The molecule has 0 amide bonds. The quantitative estimate of drug-likeness (QED) is 0.567. The molecule has 0 aliphatic carbocycles. The van der Waals surface area contributed by atoms with Crippen LogP contribution < -0.4 is 9.80 Å². The van der Waals surface area contributed by atoms with Crippen LogP contribution in [-0.2, 0) is 0 Å². The second-order valence-corrected chi connectivity index (χ2v) is 5.96. The second-order valence-electron chi connectivity index (χ2n) is 5.96. The molecule has 1 fully saturated rings. The van der Waals surface area contributed by atoms with Crippen molar-refractivity contribution in [2.45, 2.75) is 6.04 Å². The molecule has 3 aromatic heterocycles. The van der Waals surface area contributed by atoms with Crippen LogP contribution in [-0.4, -0.2) is 51.0 Å². The minimum atomic E-state index is 0.344. The summed E-state index contributed by atoms with van der Waals surface area (Å²) in [5, 5.41) is 12.3. The van der Waals surface area contributed by atoms with Gasteiger partial charge in [-0.15, -0.1) is 15.3 Å². The van der Waals surface area contributed by atoms with Crippen LogP contribution in [0.25, 0.3) is 16.7 Å². The predicted molar refractivity (Wildman–Crippen MR) is 89.2 cm³/mol. The molecular weight excluding hydrogens is 306 g/mol. The Labute approximate surface area is 137 Å². The van der Waals surface area contributed by atoms with Gasteiger partial charge in [-0.2, -0.15) is 9.50 Å². The van der Waals surface area contributed by atoms with E-state index < -0.39 is 0 Å². The fourth-order valence-electron chi connectivity index (χ4n) is 2.94. The minimum absolute atomic E-state index is 0.344. The van der Waals surface area contributed by atoms with E-state index in [0.717, 1.165) is 35.7 Å². The number of hydrogen-bond acceptors (Lipinski definition) is 7. The Bertz CT molecular complexity index is 984. The molecular formula is C16H15N7O. The Kier molecular flexibility index (Phi) is 2.72. The number of aromatic nitrogens is 5. The average molecular weight is 321 g/mol. The highest BCUT2D eigenvalue weighted by Gasteiger charge is 2.33. The SMILES string of the molecule is CN(c1nc2ccccc2o1)C1CN(c2ccc3nncn3n2)C1. The van der Waals surface area contributed by atoms with Crippen LogP contribution in [0.15, 0.2) is 47.1 Å². The van der Waals surface area contributed by atoms with E-state index in [-0.39, 0.29) is 0 Å². The average Bonchev–Trinajstić information content (AvgIpc) is 3.19. The van der Waals surface area contributed by atoms with Gasteiger partial charge in [-0.05, 0) is 24.3 Å². The van der Waals surface area contributed by atoms with Gasteiger partial charge in [0.1, 0.15) is 17.7 Å². The maximum Gasteiger partial charge on any atom is 0.298 e. The molecule has 4 aromatic rings. The summed E-state index contributed by atoms with van der Waals surface area (Å²) in [7, 11) is 2.02. The predicted octanol–water partition coefficient (Wildman–Crippen LogP) is 1.59. The van der Waals surface area contributed by atoms with Crippen molar-refractivity contribution in [3.63, 3.8) is 0 Å². The topological polar surface area (TPSA) is 75.6 Å². The number of nitrogens with zero attached hydrogens (tertiary/aromatic N) is 7. The zero-order valence-electron chi connectivity index (χ0n) is 13.1. The largest absolute Gasteiger partial charge is 0.423 e. The monoisotopic (exact) mass is 321 g/mol. The first kappa shape index (κ1) is 13.3. The zero-order chi connectivity index (χ0) is 16.1. The number of likely N-dealkylation sites (N-methyl/N-ethyl adjacent to an activating group) is 1. The maximum atomic E-state index is 5.83. The molecule has 0 radical (unpaired) electrons. The number of rotatable bonds is 3. The third kappa shape index (κ3) is 1.99. The van der Waals surface area contributed by atoms with E-state index >= 15 is 0 Å². The van der Waals surface area contributed by atoms with Crippen LogP contribution >= 0.6 is 0 Å². The molecule has 4 heterocycles. The molecule has 1 aromatic carbocycles. The van der Waals surface area contributed by atoms with Gasteiger partial charge in [0.25, 0.3) is 6.01 Å². The van der Waals surface area contributed by atoms with Crippen molar-refractivity contribution in [3.8, 4) is 0 Å². The zero-order valence-corrected chi connectivity index (χ0v) is 13.1. The van der Waals surface area contributed by atoms with E-state index in [2.05, 4.69) is 30.1 Å². The molecule has 24 heavy (non-hydrogen) atoms.